The average molecular weight is 232 g/mol. The normalized spacial score (nSPS) is 25.2. The molecular weight excluding hydrogens is 216 g/mol. The van der Waals surface area contributed by atoms with E-state index in [1.165, 1.54) is 25.6 Å². The van der Waals surface area contributed by atoms with E-state index in [0.717, 1.165) is 12.1 Å². The molecule has 1 fully saturated rings. The van der Waals surface area contributed by atoms with Crippen LogP contribution >= 0.6 is 0 Å². The topological polar surface area (TPSA) is 82.5 Å². The third kappa shape index (κ3) is 1.64. The van der Waals surface area contributed by atoms with Crippen molar-refractivity contribution in [2.75, 3.05) is 5.73 Å². The maximum absolute atomic E-state index is 5.77. The van der Waals surface area contributed by atoms with Gasteiger partial charge in [-0.2, -0.15) is 0 Å². The smallest absolute Gasteiger partial charge is 0.184 e. The van der Waals surface area contributed by atoms with Crippen molar-refractivity contribution < 1.29 is 0 Å². The highest BCUT2D eigenvalue weighted by atomic mass is 15.5. The molecule has 0 bridgehead atoms. The Hall–Kier alpha value is -1.72. The number of hydrogen-bond acceptors (Lipinski definition) is 5. The lowest BCUT2D eigenvalue weighted by molar-refractivity contribution is 0.241. The quantitative estimate of drug-likeness (QED) is 0.806. The number of nitrogens with zero attached hydrogens (tertiary/aromatic N) is 5. The van der Waals surface area contributed by atoms with E-state index in [9.17, 15) is 0 Å². The molecule has 6 heteroatoms. The van der Waals surface area contributed by atoms with E-state index in [1.54, 1.807) is 0 Å². The van der Waals surface area contributed by atoms with Crippen LogP contribution in [-0.4, -0.2) is 25.0 Å². The van der Waals surface area contributed by atoms with E-state index < -0.39 is 0 Å². The minimum atomic E-state index is 0.392. The summed E-state index contributed by atoms with van der Waals surface area (Å²) in [6.45, 7) is 2.27. The molecular formula is C11H16N6. The highest BCUT2D eigenvalue weighted by molar-refractivity contribution is 5.80. The Morgan fingerprint density at radius 1 is 1.29 bits per heavy atom. The van der Waals surface area contributed by atoms with Crippen LogP contribution in [0.3, 0.4) is 0 Å². The first kappa shape index (κ1) is 10.4. The van der Waals surface area contributed by atoms with E-state index in [0.29, 0.717) is 23.3 Å². The van der Waals surface area contributed by atoms with Gasteiger partial charge < -0.3 is 5.73 Å². The molecule has 3 rings (SSSR count). The summed E-state index contributed by atoms with van der Waals surface area (Å²) in [5.74, 6) is 1.02. The first-order valence-corrected chi connectivity index (χ1v) is 6.08. The van der Waals surface area contributed by atoms with Crippen molar-refractivity contribution in [2.45, 2.75) is 38.6 Å². The van der Waals surface area contributed by atoms with Crippen molar-refractivity contribution in [1.82, 2.24) is 25.0 Å². The summed E-state index contributed by atoms with van der Waals surface area (Å²) in [5.41, 5.74) is 7.14. The standard InChI is InChI=1S/C11H16N6/c1-7-4-2-3-5-8(7)17-11-9(15-16-17)10(12)13-6-14-11/h6-8H,2-5H2,1H3,(H2,12,13,14)/t7-,8-/m1/s1. The molecule has 0 amide bonds. The number of hydrogen-bond donors (Lipinski definition) is 1. The minimum Gasteiger partial charge on any atom is -0.382 e. The Balaban J connectivity index is 2.08. The zero-order valence-electron chi connectivity index (χ0n) is 9.87. The third-order valence-electron chi connectivity index (χ3n) is 3.67. The van der Waals surface area contributed by atoms with Crippen LogP contribution in [0.1, 0.15) is 38.6 Å². The molecule has 1 aliphatic carbocycles. The Bertz CT molecular complexity index is 534. The summed E-state index contributed by atoms with van der Waals surface area (Å²) in [6, 6.07) is 0.392. The summed E-state index contributed by atoms with van der Waals surface area (Å²) in [5, 5.41) is 8.31. The highest BCUT2D eigenvalue weighted by Gasteiger charge is 2.26. The van der Waals surface area contributed by atoms with Crippen LogP contribution in [0.15, 0.2) is 6.33 Å². The van der Waals surface area contributed by atoms with Crippen molar-refractivity contribution >= 4 is 17.0 Å². The maximum Gasteiger partial charge on any atom is 0.184 e. The van der Waals surface area contributed by atoms with Gasteiger partial charge in [0.15, 0.2) is 17.0 Å². The summed E-state index contributed by atoms with van der Waals surface area (Å²) < 4.78 is 1.93. The maximum atomic E-state index is 5.77. The zero-order valence-corrected chi connectivity index (χ0v) is 9.87. The fourth-order valence-electron chi connectivity index (χ4n) is 2.66. The van der Waals surface area contributed by atoms with Crippen LogP contribution in [0, 0.1) is 5.92 Å². The van der Waals surface area contributed by atoms with E-state index in [-0.39, 0.29) is 0 Å². The first-order chi connectivity index (χ1) is 8.27. The van der Waals surface area contributed by atoms with E-state index >= 15 is 0 Å². The van der Waals surface area contributed by atoms with Crippen LogP contribution in [0.25, 0.3) is 11.2 Å². The molecule has 2 atom stereocenters. The fourth-order valence-corrected chi connectivity index (χ4v) is 2.66. The molecule has 6 nitrogen and oxygen atoms in total. The Morgan fingerprint density at radius 3 is 2.94 bits per heavy atom. The van der Waals surface area contributed by atoms with Gasteiger partial charge in [-0.1, -0.05) is 25.0 Å². The lowest BCUT2D eigenvalue weighted by Crippen LogP contribution is -2.22. The second-order valence-electron chi connectivity index (χ2n) is 4.79. The van der Waals surface area contributed by atoms with E-state index in [4.69, 9.17) is 5.73 Å². The third-order valence-corrected chi connectivity index (χ3v) is 3.67. The Labute approximate surface area is 99.2 Å². The molecule has 0 spiro atoms. The summed E-state index contributed by atoms with van der Waals surface area (Å²) in [4.78, 5) is 8.19. The molecule has 1 saturated carbocycles. The van der Waals surface area contributed by atoms with Crippen LogP contribution in [0.4, 0.5) is 5.82 Å². The number of aromatic nitrogens is 5. The predicted molar refractivity (Wildman–Crippen MR) is 64.2 cm³/mol. The highest BCUT2D eigenvalue weighted by Crippen LogP contribution is 2.34. The zero-order chi connectivity index (χ0) is 11.8. The van der Waals surface area contributed by atoms with Crippen molar-refractivity contribution in [3.63, 3.8) is 0 Å². The van der Waals surface area contributed by atoms with Crippen LogP contribution in [-0.2, 0) is 0 Å². The monoisotopic (exact) mass is 232 g/mol. The summed E-state index contributed by atoms with van der Waals surface area (Å²) in [7, 11) is 0. The average Bonchev–Trinajstić information content (AvgIpc) is 2.75. The molecule has 0 aliphatic heterocycles. The molecule has 90 valence electrons. The second kappa shape index (κ2) is 3.94. The van der Waals surface area contributed by atoms with Gasteiger partial charge in [-0.25, -0.2) is 14.6 Å². The van der Waals surface area contributed by atoms with Gasteiger partial charge in [-0.05, 0) is 18.8 Å². The molecule has 2 aromatic rings. The van der Waals surface area contributed by atoms with Gasteiger partial charge in [0.05, 0.1) is 6.04 Å². The molecule has 0 unspecified atom stereocenters. The molecule has 0 saturated heterocycles. The van der Waals surface area contributed by atoms with Gasteiger partial charge in [-0.3, -0.25) is 0 Å². The largest absolute Gasteiger partial charge is 0.382 e. The van der Waals surface area contributed by atoms with Crippen LogP contribution in [0.2, 0.25) is 0 Å². The van der Waals surface area contributed by atoms with Gasteiger partial charge in [0, 0.05) is 0 Å². The number of anilines is 1. The molecule has 17 heavy (non-hydrogen) atoms. The second-order valence-corrected chi connectivity index (χ2v) is 4.79. The summed E-state index contributed by atoms with van der Waals surface area (Å²) >= 11 is 0. The van der Waals surface area contributed by atoms with Crippen molar-refractivity contribution in [3.8, 4) is 0 Å². The lowest BCUT2D eigenvalue weighted by atomic mass is 9.86. The molecule has 0 aromatic carbocycles. The molecule has 2 heterocycles. The molecule has 0 radical (unpaired) electrons. The Morgan fingerprint density at radius 2 is 2.12 bits per heavy atom. The minimum absolute atomic E-state index is 0.392. The number of nitrogen functional groups attached to an aromatic ring is 1. The number of rotatable bonds is 1. The van der Waals surface area contributed by atoms with Crippen molar-refractivity contribution in [2.24, 2.45) is 5.92 Å². The van der Waals surface area contributed by atoms with Gasteiger partial charge in [-0.15, -0.1) is 5.10 Å². The lowest BCUT2D eigenvalue weighted by Gasteiger charge is -2.28. The molecule has 2 aromatic heterocycles. The van der Waals surface area contributed by atoms with Gasteiger partial charge in [0.25, 0.3) is 0 Å². The van der Waals surface area contributed by atoms with Gasteiger partial charge in [0.2, 0.25) is 0 Å². The SMILES string of the molecule is C[C@@H]1CCCC[C@H]1n1nnc2c(N)ncnc21. The van der Waals surface area contributed by atoms with Gasteiger partial charge >= 0.3 is 0 Å². The first-order valence-electron chi connectivity index (χ1n) is 6.08. The van der Waals surface area contributed by atoms with Crippen LogP contribution in [0.5, 0.6) is 0 Å². The van der Waals surface area contributed by atoms with Gasteiger partial charge in [0.1, 0.15) is 6.33 Å². The van der Waals surface area contributed by atoms with Crippen molar-refractivity contribution in [1.29, 1.82) is 0 Å². The number of fused-ring (bicyclic) bond motifs is 1. The molecule has 1 aliphatic rings. The predicted octanol–water partition coefficient (Wildman–Crippen LogP) is 1.55. The van der Waals surface area contributed by atoms with Crippen molar-refractivity contribution in [3.05, 3.63) is 6.33 Å². The number of nitrogens with two attached hydrogens (primary N) is 1. The van der Waals surface area contributed by atoms with E-state index in [2.05, 4.69) is 27.2 Å². The summed E-state index contributed by atoms with van der Waals surface area (Å²) in [6.07, 6.45) is 6.42. The fraction of sp³-hybridized carbons (Fsp3) is 0.636. The molecule has 2 N–H and O–H groups in total. The Kier molecular flexibility index (Phi) is 2.42. The van der Waals surface area contributed by atoms with E-state index in [1.807, 2.05) is 4.68 Å². The van der Waals surface area contributed by atoms with Crippen LogP contribution < -0.4 is 5.73 Å².